The molecule has 2 rings (SSSR count). The Kier molecular flexibility index (Phi) is 6.41. The fraction of sp³-hybridized carbons (Fsp3) is 0.467. The van der Waals surface area contributed by atoms with Gasteiger partial charge in [-0.3, -0.25) is 9.59 Å². The summed E-state index contributed by atoms with van der Waals surface area (Å²) in [5, 5.41) is 10.1. The molecule has 22 heavy (non-hydrogen) atoms. The lowest BCUT2D eigenvalue weighted by atomic mass is 9.98. The Morgan fingerprint density at radius 1 is 1.32 bits per heavy atom. The van der Waals surface area contributed by atoms with Crippen LogP contribution in [0.2, 0.25) is 10.0 Å². The number of piperidine rings is 1. The summed E-state index contributed by atoms with van der Waals surface area (Å²) in [6.07, 6.45) is 1.40. The maximum Gasteiger partial charge on any atom is 0.308 e. The smallest absolute Gasteiger partial charge is 0.308 e. The molecule has 1 saturated heterocycles. The van der Waals surface area contributed by atoms with Crippen LogP contribution < -0.4 is 0 Å². The van der Waals surface area contributed by atoms with Gasteiger partial charge in [-0.05, 0) is 30.5 Å². The summed E-state index contributed by atoms with van der Waals surface area (Å²) in [6.45, 7) is 0.970. The van der Waals surface area contributed by atoms with E-state index in [0.717, 1.165) is 12.0 Å². The van der Waals surface area contributed by atoms with Crippen molar-refractivity contribution in [2.45, 2.75) is 18.6 Å². The lowest BCUT2D eigenvalue weighted by Crippen LogP contribution is -2.43. The molecule has 1 atom stereocenters. The van der Waals surface area contributed by atoms with Crippen LogP contribution in [0.4, 0.5) is 0 Å². The first-order chi connectivity index (χ1) is 10.5. The predicted molar refractivity (Wildman–Crippen MR) is 89.6 cm³/mol. The van der Waals surface area contributed by atoms with E-state index in [1.165, 1.54) is 11.8 Å². The Hall–Kier alpha value is -0.910. The van der Waals surface area contributed by atoms with Gasteiger partial charge in [0.2, 0.25) is 5.91 Å². The molecule has 0 radical (unpaired) electrons. The number of hydrogen-bond acceptors (Lipinski definition) is 3. The number of likely N-dealkylation sites (tertiary alicyclic amines) is 1. The highest BCUT2D eigenvalue weighted by Gasteiger charge is 2.27. The third-order valence-corrected chi connectivity index (χ3v) is 5.33. The molecule has 0 spiro atoms. The number of carboxylic acid groups (broad SMARTS) is 1. The molecule has 120 valence electrons. The Morgan fingerprint density at radius 2 is 2.09 bits per heavy atom. The third kappa shape index (κ3) is 4.80. The summed E-state index contributed by atoms with van der Waals surface area (Å²) in [4.78, 5) is 24.8. The normalized spacial score (nSPS) is 18.3. The van der Waals surface area contributed by atoms with Gasteiger partial charge in [0.15, 0.2) is 0 Å². The molecule has 0 unspecified atom stereocenters. The molecule has 1 aromatic rings. The fourth-order valence-corrected chi connectivity index (χ4v) is 3.58. The number of halogens is 2. The van der Waals surface area contributed by atoms with Crippen molar-refractivity contribution in [1.29, 1.82) is 0 Å². The van der Waals surface area contributed by atoms with Gasteiger partial charge in [-0.15, -0.1) is 11.8 Å². The van der Waals surface area contributed by atoms with Gasteiger partial charge >= 0.3 is 5.97 Å². The van der Waals surface area contributed by atoms with Gasteiger partial charge in [-0.25, -0.2) is 0 Å². The Labute approximate surface area is 143 Å². The number of carboxylic acids is 1. The van der Waals surface area contributed by atoms with Crippen LogP contribution in [0.1, 0.15) is 18.4 Å². The second-order valence-corrected chi connectivity index (χ2v) is 7.06. The van der Waals surface area contributed by atoms with Gasteiger partial charge < -0.3 is 10.0 Å². The number of carbonyl (C=O) groups excluding carboxylic acids is 1. The molecule has 1 N–H and O–H groups in total. The predicted octanol–water partition coefficient (Wildman–Crippen LogP) is 3.55. The van der Waals surface area contributed by atoms with Gasteiger partial charge in [0.25, 0.3) is 0 Å². The van der Waals surface area contributed by atoms with E-state index in [2.05, 4.69) is 0 Å². The molecule has 1 aliphatic rings. The minimum absolute atomic E-state index is 0.00369. The van der Waals surface area contributed by atoms with Gasteiger partial charge in [-0.2, -0.15) is 0 Å². The number of amides is 1. The number of rotatable bonds is 5. The highest BCUT2D eigenvalue weighted by molar-refractivity contribution is 7.99. The zero-order chi connectivity index (χ0) is 16.1. The highest BCUT2D eigenvalue weighted by atomic mass is 35.5. The molecule has 1 amide bonds. The first-order valence-corrected chi connectivity index (χ1v) is 8.90. The average molecular weight is 362 g/mol. The molecule has 0 aromatic heterocycles. The number of thioether (sulfide) groups is 1. The lowest BCUT2D eigenvalue weighted by Gasteiger charge is -2.30. The summed E-state index contributed by atoms with van der Waals surface area (Å²) in [6, 6.07) is 5.42. The van der Waals surface area contributed by atoms with Crippen molar-refractivity contribution in [2.75, 3.05) is 18.8 Å². The molecule has 7 heteroatoms. The molecule has 0 bridgehead atoms. The van der Waals surface area contributed by atoms with E-state index in [1.54, 1.807) is 17.0 Å². The number of hydrogen-bond donors (Lipinski definition) is 1. The van der Waals surface area contributed by atoms with Crippen molar-refractivity contribution in [3.63, 3.8) is 0 Å². The van der Waals surface area contributed by atoms with Crippen molar-refractivity contribution in [3.05, 3.63) is 33.8 Å². The largest absolute Gasteiger partial charge is 0.481 e. The molecular weight excluding hydrogens is 345 g/mol. The molecule has 1 aromatic carbocycles. The molecule has 1 aliphatic heterocycles. The van der Waals surface area contributed by atoms with Crippen molar-refractivity contribution < 1.29 is 14.7 Å². The van der Waals surface area contributed by atoms with Crippen LogP contribution in [0.25, 0.3) is 0 Å². The third-order valence-electron chi connectivity index (χ3n) is 3.60. The fourth-order valence-electron chi connectivity index (χ4n) is 2.38. The van der Waals surface area contributed by atoms with E-state index < -0.39 is 11.9 Å². The van der Waals surface area contributed by atoms with Gasteiger partial charge in [-0.1, -0.05) is 29.3 Å². The molecule has 1 heterocycles. The topological polar surface area (TPSA) is 57.6 Å². The summed E-state index contributed by atoms with van der Waals surface area (Å²) in [7, 11) is 0. The van der Waals surface area contributed by atoms with E-state index in [9.17, 15) is 9.59 Å². The SMILES string of the molecule is O=C(O)[C@@H]1CCCN(C(=O)CSCc2ccc(Cl)c(Cl)c2)C1. The van der Waals surface area contributed by atoms with Gasteiger partial charge in [0.05, 0.1) is 21.7 Å². The van der Waals surface area contributed by atoms with Crippen LogP contribution in [0, 0.1) is 5.92 Å². The van der Waals surface area contributed by atoms with Crippen LogP contribution in [-0.4, -0.2) is 40.7 Å². The number of aliphatic carboxylic acids is 1. The number of carbonyl (C=O) groups is 2. The summed E-state index contributed by atoms with van der Waals surface area (Å²) < 4.78 is 0. The van der Waals surface area contributed by atoms with Crippen LogP contribution in [0.15, 0.2) is 18.2 Å². The number of nitrogens with zero attached hydrogens (tertiary/aromatic N) is 1. The molecule has 4 nitrogen and oxygen atoms in total. The van der Waals surface area contributed by atoms with Crippen LogP contribution in [-0.2, 0) is 15.3 Å². The Balaban J connectivity index is 1.79. The van der Waals surface area contributed by atoms with Gasteiger partial charge in [0, 0.05) is 18.8 Å². The van der Waals surface area contributed by atoms with E-state index in [4.69, 9.17) is 28.3 Å². The molecule has 0 aliphatic carbocycles. The van der Waals surface area contributed by atoms with Crippen molar-refractivity contribution in [1.82, 2.24) is 4.90 Å². The summed E-state index contributed by atoms with van der Waals surface area (Å²) in [5.74, 6) is -0.249. The van der Waals surface area contributed by atoms with E-state index in [-0.39, 0.29) is 5.91 Å². The maximum atomic E-state index is 12.1. The van der Waals surface area contributed by atoms with Crippen LogP contribution in [0.3, 0.4) is 0 Å². The number of benzene rings is 1. The minimum atomic E-state index is -0.819. The monoisotopic (exact) mass is 361 g/mol. The van der Waals surface area contributed by atoms with E-state index in [0.29, 0.717) is 41.1 Å². The Morgan fingerprint density at radius 3 is 2.77 bits per heavy atom. The lowest BCUT2D eigenvalue weighted by molar-refractivity contribution is -0.145. The Bertz CT molecular complexity index is 568. The minimum Gasteiger partial charge on any atom is -0.481 e. The van der Waals surface area contributed by atoms with E-state index in [1.807, 2.05) is 6.07 Å². The first-order valence-electron chi connectivity index (χ1n) is 6.99. The first kappa shape index (κ1) is 17.4. The summed E-state index contributed by atoms with van der Waals surface area (Å²) in [5.41, 5.74) is 1.01. The van der Waals surface area contributed by atoms with E-state index >= 15 is 0 Å². The standard InChI is InChI=1S/C15H17Cl2NO3S/c16-12-4-3-10(6-13(12)17)8-22-9-14(19)18-5-1-2-11(7-18)15(20)21/h3-4,6,11H,1-2,5,7-9H2,(H,20,21)/t11-/m1/s1. The van der Waals surface area contributed by atoms with Crippen LogP contribution >= 0.6 is 35.0 Å². The summed E-state index contributed by atoms with van der Waals surface area (Å²) >= 11 is 13.3. The zero-order valence-corrected chi connectivity index (χ0v) is 14.3. The maximum absolute atomic E-state index is 12.1. The quantitative estimate of drug-likeness (QED) is 0.870. The van der Waals surface area contributed by atoms with Crippen molar-refractivity contribution in [3.8, 4) is 0 Å². The molecule has 0 saturated carbocycles. The van der Waals surface area contributed by atoms with Crippen molar-refractivity contribution >= 4 is 46.8 Å². The second-order valence-electron chi connectivity index (χ2n) is 5.26. The zero-order valence-electron chi connectivity index (χ0n) is 11.9. The van der Waals surface area contributed by atoms with Crippen molar-refractivity contribution in [2.24, 2.45) is 5.92 Å². The molecule has 1 fully saturated rings. The van der Waals surface area contributed by atoms with Gasteiger partial charge in [0.1, 0.15) is 0 Å². The highest BCUT2D eigenvalue weighted by Crippen LogP contribution is 2.25. The average Bonchev–Trinajstić information content (AvgIpc) is 2.51. The second kappa shape index (κ2) is 8.09. The molecular formula is C15H17Cl2NO3S. The van der Waals surface area contributed by atoms with Crippen LogP contribution in [0.5, 0.6) is 0 Å².